The molecule has 0 fully saturated rings. The van der Waals surface area contributed by atoms with Gasteiger partial charge in [0.1, 0.15) is 5.75 Å². The van der Waals surface area contributed by atoms with E-state index in [4.69, 9.17) is 4.74 Å². The number of nitrogens with one attached hydrogen (secondary N) is 1. The average molecular weight is 324 g/mol. The predicted octanol–water partition coefficient (Wildman–Crippen LogP) is 2.67. The second-order valence-electron chi connectivity index (χ2n) is 5.95. The van der Waals surface area contributed by atoms with Gasteiger partial charge in [0.05, 0.1) is 5.69 Å². The molecule has 2 aromatic carbocycles. The van der Waals surface area contributed by atoms with Gasteiger partial charge in [0.15, 0.2) is 6.10 Å². The van der Waals surface area contributed by atoms with E-state index in [1.165, 1.54) is 0 Å². The molecule has 1 heterocycles. The molecule has 1 aliphatic heterocycles. The number of amides is 2. The molecule has 2 aromatic rings. The number of rotatable bonds is 3. The summed E-state index contributed by atoms with van der Waals surface area (Å²) in [6.45, 7) is 4.19. The SMILES string of the molecule is Cc1ccccc1CNC(=O)c1ccc2c(c1)OC(C)C(=O)N2C. The van der Waals surface area contributed by atoms with Gasteiger partial charge in [-0.2, -0.15) is 0 Å². The lowest BCUT2D eigenvalue weighted by Crippen LogP contribution is -2.42. The fraction of sp³-hybridized carbons (Fsp3) is 0.263. The summed E-state index contributed by atoms with van der Waals surface area (Å²) in [6.07, 6.45) is -0.548. The predicted molar refractivity (Wildman–Crippen MR) is 92.3 cm³/mol. The zero-order valence-electron chi connectivity index (χ0n) is 14.0. The number of hydrogen-bond acceptors (Lipinski definition) is 3. The van der Waals surface area contributed by atoms with Crippen molar-refractivity contribution in [2.75, 3.05) is 11.9 Å². The average Bonchev–Trinajstić information content (AvgIpc) is 2.58. The third-order valence-corrected chi connectivity index (χ3v) is 4.27. The lowest BCUT2D eigenvalue weighted by Gasteiger charge is -2.30. The Labute approximate surface area is 141 Å². The molecule has 1 N–H and O–H groups in total. The molecule has 0 aliphatic carbocycles. The highest BCUT2D eigenvalue weighted by molar-refractivity contribution is 6.01. The molecule has 24 heavy (non-hydrogen) atoms. The summed E-state index contributed by atoms with van der Waals surface area (Å²) in [7, 11) is 1.71. The smallest absolute Gasteiger partial charge is 0.267 e. The van der Waals surface area contributed by atoms with Crippen LogP contribution in [0.15, 0.2) is 42.5 Å². The number of ether oxygens (including phenoxy) is 1. The molecule has 0 radical (unpaired) electrons. The van der Waals surface area contributed by atoms with Gasteiger partial charge in [-0.15, -0.1) is 0 Å². The molecule has 1 aliphatic rings. The Bertz CT molecular complexity index is 801. The summed E-state index contributed by atoms with van der Waals surface area (Å²) in [6, 6.07) is 13.1. The second kappa shape index (κ2) is 6.35. The summed E-state index contributed by atoms with van der Waals surface area (Å²) in [5, 5.41) is 2.92. The van der Waals surface area contributed by atoms with E-state index in [1.54, 1.807) is 37.1 Å². The Morgan fingerprint density at radius 2 is 2.00 bits per heavy atom. The van der Waals surface area contributed by atoms with Gasteiger partial charge in [-0.3, -0.25) is 9.59 Å². The molecule has 0 aromatic heterocycles. The van der Waals surface area contributed by atoms with Crippen LogP contribution in [0.4, 0.5) is 5.69 Å². The first-order valence-electron chi connectivity index (χ1n) is 7.88. The highest BCUT2D eigenvalue weighted by Crippen LogP contribution is 2.33. The minimum atomic E-state index is -0.548. The molecule has 0 saturated heterocycles. The maximum Gasteiger partial charge on any atom is 0.267 e. The number of carbonyl (C=O) groups excluding carboxylic acids is 2. The van der Waals surface area contributed by atoms with Crippen molar-refractivity contribution in [2.45, 2.75) is 26.5 Å². The number of carbonyl (C=O) groups is 2. The van der Waals surface area contributed by atoms with Crippen LogP contribution in [0, 0.1) is 6.92 Å². The third-order valence-electron chi connectivity index (χ3n) is 4.27. The molecule has 0 bridgehead atoms. The molecule has 124 valence electrons. The molecule has 5 heteroatoms. The van der Waals surface area contributed by atoms with Crippen LogP contribution in [0.2, 0.25) is 0 Å². The summed E-state index contributed by atoms with van der Waals surface area (Å²) in [5.74, 6) is 0.282. The van der Waals surface area contributed by atoms with Gasteiger partial charge in [0, 0.05) is 19.2 Å². The Hall–Kier alpha value is -2.82. The van der Waals surface area contributed by atoms with Gasteiger partial charge in [-0.05, 0) is 43.2 Å². The maximum absolute atomic E-state index is 12.4. The van der Waals surface area contributed by atoms with Crippen LogP contribution in [0.1, 0.15) is 28.4 Å². The van der Waals surface area contributed by atoms with Crippen LogP contribution in [0.5, 0.6) is 5.75 Å². The third kappa shape index (κ3) is 2.97. The van der Waals surface area contributed by atoms with Crippen molar-refractivity contribution in [3.05, 3.63) is 59.2 Å². The van der Waals surface area contributed by atoms with E-state index in [0.29, 0.717) is 23.5 Å². The van der Waals surface area contributed by atoms with Gasteiger partial charge >= 0.3 is 0 Å². The fourth-order valence-electron chi connectivity index (χ4n) is 2.75. The van der Waals surface area contributed by atoms with Crippen molar-refractivity contribution in [1.29, 1.82) is 0 Å². The van der Waals surface area contributed by atoms with Gasteiger partial charge < -0.3 is 15.0 Å². The normalized spacial score (nSPS) is 16.4. The van der Waals surface area contributed by atoms with E-state index in [1.807, 2.05) is 31.2 Å². The number of fused-ring (bicyclic) bond motifs is 1. The number of likely N-dealkylation sites (N-methyl/N-ethyl adjacent to an activating group) is 1. The highest BCUT2D eigenvalue weighted by atomic mass is 16.5. The first-order chi connectivity index (χ1) is 11.5. The van der Waals surface area contributed by atoms with Crippen LogP contribution in [-0.4, -0.2) is 25.0 Å². The maximum atomic E-state index is 12.4. The van der Waals surface area contributed by atoms with Crippen LogP contribution in [0.3, 0.4) is 0 Å². The topological polar surface area (TPSA) is 58.6 Å². The molecule has 1 atom stereocenters. The van der Waals surface area contributed by atoms with Crippen molar-refractivity contribution >= 4 is 17.5 Å². The number of benzene rings is 2. The molecule has 0 saturated carbocycles. The minimum absolute atomic E-state index is 0.0979. The van der Waals surface area contributed by atoms with E-state index in [-0.39, 0.29) is 11.8 Å². The summed E-state index contributed by atoms with van der Waals surface area (Å²) in [5.41, 5.74) is 3.41. The quantitative estimate of drug-likeness (QED) is 0.944. The molecular formula is C19H20N2O3. The molecule has 5 nitrogen and oxygen atoms in total. The first kappa shape index (κ1) is 16.1. The number of anilines is 1. The zero-order chi connectivity index (χ0) is 17.3. The van der Waals surface area contributed by atoms with Crippen LogP contribution in [-0.2, 0) is 11.3 Å². The van der Waals surface area contributed by atoms with E-state index in [2.05, 4.69) is 5.32 Å². The number of hydrogen-bond donors (Lipinski definition) is 1. The van der Waals surface area contributed by atoms with Gasteiger partial charge in [0.2, 0.25) is 0 Å². The summed E-state index contributed by atoms with van der Waals surface area (Å²) < 4.78 is 5.62. The van der Waals surface area contributed by atoms with Crippen molar-refractivity contribution < 1.29 is 14.3 Å². The zero-order valence-corrected chi connectivity index (χ0v) is 14.0. The van der Waals surface area contributed by atoms with Gasteiger partial charge in [-0.25, -0.2) is 0 Å². The first-order valence-corrected chi connectivity index (χ1v) is 7.88. The Morgan fingerprint density at radius 1 is 1.25 bits per heavy atom. The minimum Gasteiger partial charge on any atom is -0.479 e. The molecule has 3 rings (SSSR count). The second-order valence-corrected chi connectivity index (χ2v) is 5.95. The van der Waals surface area contributed by atoms with E-state index in [9.17, 15) is 9.59 Å². The Kier molecular flexibility index (Phi) is 4.25. The van der Waals surface area contributed by atoms with Crippen LogP contribution in [0.25, 0.3) is 0 Å². The lowest BCUT2D eigenvalue weighted by atomic mass is 10.1. The number of nitrogens with zero attached hydrogens (tertiary/aromatic N) is 1. The van der Waals surface area contributed by atoms with Crippen LogP contribution >= 0.6 is 0 Å². The van der Waals surface area contributed by atoms with Crippen molar-refractivity contribution in [2.24, 2.45) is 0 Å². The lowest BCUT2D eigenvalue weighted by molar-refractivity contribution is -0.125. The van der Waals surface area contributed by atoms with Crippen LogP contribution < -0.4 is 15.0 Å². The largest absolute Gasteiger partial charge is 0.479 e. The Morgan fingerprint density at radius 3 is 2.75 bits per heavy atom. The van der Waals surface area contributed by atoms with Crippen molar-refractivity contribution in [3.8, 4) is 5.75 Å². The van der Waals surface area contributed by atoms with E-state index >= 15 is 0 Å². The number of aryl methyl sites for hydroxylation is 1. The Balaban J connectivity index is 1.76. The van der Waals surface area contributed by atoms with Gasteiger partial charge in [0.25, 0.3) is 11.8 Å². The van der Waals surface area contributed by atoms with Crippen molar-refractivity contribution in [3.63, 3.8) is 0 Å². The summed E-state index contributed by atoms with van der Waals surface area (Å²) in [4.78, 5) is 25.9. The molecule has 1 unspecified atom stereocenters. The molecule has 0 spiro atoms. The van der Waals surface area contributed by atoms with Crippen molar-refractivity contribution in [1.82, 2.24) is 5.32 Å². The molecular weight excluding hydrogens is 304 g/mol. The standard InChI is InChI=1S/C19H20N2O3/c1-12-6-4-5-7-15(12)11-20-18(22)14-8-9-16-17(10-14)24-13(2)19(23)21(16)3/h4-10,13H,11H2,1-3H3,(H,20,22). The highest BCUT2D eigenvalue weighted by Gasteiger charge is 2.29. The van der Waals surface area contributed by atoms with E-state index in [0.717, 1.165) is 11.1 Å². The monoisotopic (exact) mass is 324 g/mol. The molecule has 2 amide bonds. The summed E-state index contributed by atoms with van der Waals surface area (Å²) >= 11 is 0. The fourth-order valence-corrected chi connectivity index (χ4v) is 2.75. The van der Waals surface area contributed by atoms with E-state index < -0.39 is 6.10 Å². The van der Waals surface area contributed by atoms with Gasteiger partial charge in [-0.1, -0.05) is 24.3 Å².